The highest BCUT2D eigenvalue weighted by Gasteiger charge is 2.05. The van der Waals surface area contributed by atoms with Gasteiger partial charge in [-0.05, 0) is 26.0 Å². The zero-order valence-electron chi connectivity index (χ0n) is 9.77. The topological polar surface area (TPSA) is 97.9 Å². The highest BCUT2D eigenvalue weighted by atomic mass is 16.2. The summed E-state index contributed by atoms with van der Waals surface area (Å²) in [4.78, 5) is 36.1. The predicted molar refractivity (Wildman–Crippen MR) is 64.8 cm³/mol. The number of nitrogens with zero attached hydrogens (tertiary/aromatic N) is 1. The molecule has 1 heterocycles. The number of nitrogens with one attached hydrogen (secondary N) is 1. The highest BCUT2D eigenvalue weighted by molar-refractivity contribution is 5.94. The summed E-state index contributed by atoms with van der Waals surface area (Å²) in [5, 5.41) is 0. The summed E-state index contributed by atoms with van der Waals surface area (Å²) in [6.45, 7) is 3.52. The van der Waals surface area contributed by atoms with E-state index in [1.54, 1.807) is 0 Å². The molecule has 0 aliphatic carbocycles. The van der Waals surface area contributed by atoms with Crippen LogP contribution < -0.4 is 17.0 Å². The normalized spacial score (nSPS) is 11.3. The predicted octanol–water partition coefficient (Wildman–Crippen LogP) is -0.341. The maximum absolute atomic E-state index is 11.5. The van der Waals surface area contributed by atoms with Crippen molar-refractivity contribution in [2.45, 2.75) is 19.9 Å². The maximum atomic E-state index is 11.5. The van der Waals surface area contributed by atoms with E-state index in [2.05, 4.69) is 4.98 Å². The summed E-state index contributed by atoms with van der Waals surface area (Å²) < 4.78 is 1.38. The molecular weight excluding hydrogens is 222 g/mol. The van der Waals surface area contributed by atoms with Gasteiger partial charge in [0.1, 0.15) is 0 Å². The molecule has 0 unspecified atom stereocenters. The summed E-state index contributed by atoms with van der Waals surface area (Å²) in [7, 11) is 0. The van der Waals surface area contributed by atoms with Crippen LogP contribution in [0.3, 0.4) is 0 Å². The number of aromatic amines is 1. The third kappa shape index (κ3) is 3.25. The third-order valence-electron chi connectivity index (χ3n) is 2.20. The van der Waals surface area contributed by atoms with Crippen LogP contribution in [-0.2, 0) is 4.79 Å². The van der Waals surface area contributed by atoms with E-state index in [1.807, 2.05) is 13.8 Å². The van der Waals surface area contributed by atoms with Crippen molar-refractivity contribution in [2.75, 3.05) is 6.54 Å². The molecule has 0 aliphatic rings. The molecule has 0 fully saturated rings. The minimum atomic E-state index is -0.520. The van der Waals surface area contributed by atoms with E-state index in [9.17, 15) is 14.4 Å². The second-order valence-corrected chi connectivity index (χ2v) is 3.85. The van der Waals surface area contributed by atoms with Crippen molar-refractivity contribution in [3.05, 3.63) is 38.7 Å². The van der Waals surface area contributed by atoms with E-state index in [-0.39, 0.29) is 23.9 Å². The number of aromatic nitrogens is 2. The average molecular weight is 237 g/mol. The van der Waals surface area contributed by atoms with Crippen molar-refractivity contribution in [1.29, 1.82) is 0 Å². The van der Waals surface area contributed by atoms with E-state index in [0.717, 1.165) is 0 Å². The number of ketones is 1. The Morgan fingerprint density at radius 2 is 2.18 bits per heavy atom. The molecule has 0 spiro atoms. The van der Waals surface area contributed by atoms with Gasteiger partial charge in [-0.15, -0.1) is 0 Å². The maximum Gasteiger partial charge on any atom is 0.328 e. The van der Waals surface area contributed by atoms with Crippen LogP contribution in [0.1, 0.15) is 25.5 Å². The number of H-pyrrole nitrogens is 1. The summed E-state index contributed by atoms with van der Waals surface area (Å²) >= 11 is 0. The third-order valence-corrected chi connectivity index (χ3v) is 2.20. The van der Waals surface area contributed by atoms with Gasteiger partial charge in [0.05, 0.1) is 12.1 Å². The van der Waals surface area contributed by atoms with Crippen LogP contribution in [0.15, 0.2) is 21.9 Å². The first kappa shape index (κ1) is 13.1. The molecule has 1 rings (SSSR count). The Labute approximate surface area is 97.8 Å². The van der Waals surface area contributed by atoms with Gasteiger partial charge in [0, 0.05) is 12.2 Å². The lowest BCUT2D eigenvalue weighted by atomic mass is 10.2. The van der Waals surface area contributed by atoms with Crippen molar-refractivity contribution in [1.82, 2.24) is 9.55 Å². The molecule has 0 atom stereocenters. The molecule has 0 aromatic carbocycles. The molecule has 0 radical (unpaired) electrons. The van der Waals surface area contributed by atoms with Gasteiger partial charge in [-0.3, -0.25) is 19.1 Å². The second-order valence-electron chi connectivity index (χ2n) is 3.85. The van der Waals surface area contributed by atoms with E-state index in [0.29, 0.717) is 0 Å². The zero-order valence-corrected chi connectivity index (χ0v) is 9.77. The molecule has 0 aliphatic heterocycles. The number of hydrogen-bond donors (Lipinski definition) is 2. The Hall–Kier alpha value is -1.95. The lowest BCUT2D eigenvalue weighted by molar-refractivity contribution is -0.113. The Bertz CT molecular complexity index is 552. The Morgan fingerprint density at radius 1 is 1.53 bits per heavy atom. The molecule has 3 N–H and O–H groups in total. The monoisotopic (exact) mass is 237 g/mol. The Morgan fingerprint density at radius 3 is 2.71 bits per heavy atom. The van der Waals surface area contributed by atoms with E-state index >= 15 is 0 Å². The molecule has 0 saturated carbocycles. The number of nitrogens with two attached hydrogens (primary N) is 1. The van der Waals surface area contributed by atoms with Crippen LogP contribution in [0.5, 0.6) is 0 Å². The van der Waals surface area contributed by atoms with Crippen LogP contribution in [0.2, 0.25) is 0 Å². The van der Waals surface area contributed by atoms with Gasteiger partial charge in [-0.2, -0.15) is 0 Å². The molecule has 0 bridgehead atoms. The molecule has 0 amide bonds. The fourth-order valence-electron chi connectivity index (χ4n) is 1.25. The molecule has 1 aromatic heterocycles. The second kappa shape index (κ2) is 5.40. The van der Waals surface area contributed by atoms with Gasteiger partial charge in [-0.25, -0.2) is 4.79 Å². The number of hydrogen-bond acceptors (Lipinski definition) is 4. The van der Waals surface area contributed by atoms with Crippen molar-refractivity contribution in [3.63, 3.8) is 0 Å². The lowest BCUT2D eigenvalue weighted by Crippen LogP contribution is -2.31. The average Bonchev–Trinajstić information content (AvgIpc) is 2.26. The Balaban J connectivity index is 3.22. The van der Waals surface area contributed by atoms with Gasteiger partial charge in [-0.1, -0.05) is 0 Å². The molecule has 0 saturated heterocycles. The van der Waals surface area contributed by atoms with Crippen molar-refractivity contribution < 1.29 is 4.79 Å². The summed E-state index contributed by atoms with van der Waals surface area (Å²) in [5.41, 5.74) is 4.40. The van der Waals surface area contributed by atoms with Crippen molar-refractivity contribution in [2.24, 2.45) is 5.73 Å². The van der Waals surface area contributed by atoms with E-state index in [1.165, 1.54) is 22.9 Å². The Kier molecular flexibility index (Phi) is 4.17. The molecule has 6 heteroatoms. The minimum absolute atomic E-state index is 0.0725. The number of rotatable bonds is 4. The SMILES string of the molecule is CC(C)n1cc(/C=C/C(=O)CN)c(=O)[nH]c1=O. The van der Waals surface area contributed by atoms with E-state index < -0.39 is 11.2 Å². The van der Waals surface area contributed by atoms with Gasteiger partial charge in [0.25, 0.3) is 5.56 Å². The van der Waals surface area contributed by atoms with Gasteiger partial charge < -0.3 is 5.73 Å². The number of carbonyl (C=O) groups is 1. The standard InChI is InChI=1S/C11H15N3O3/c1-7(2)14-6-8(3-4-9(15)5-12)10(16)13-11(14)17/h3-4,6-7H,5,12H2,1-2H3,(H,13,16,17)/b4-3+. The zero-order chi connectivity index (χ0) is 13.0. The summed E-state index contributed by atoms with van der Waals surface area (Å²) in [5.74, 6) is -0.285. The summed E-state index contributed by atoms with van der Waals surface area (Å²) in [6, 6.07) is -0.0725. The fourth-order valence-corrected chi connectivity index (χ4v) is 1.25. The van der Waals surface area contributed by atoms with Gasteiger partial charge in [0.2, 0.25) is 0 Å². The van der Waals surface area contributed by atoms with Crippen LogP contribution in [0, 0.1) is 0 Å². The van der Waals surface area contributed by atoms with Gasteiger partial charge >= 0.3 is 5.69 Å². The van der Waals surface area contributed by atoms with Crippen LogP contribution in [0.25, 0.3) is 6.08 Å². The van der Waals surface area contributed by atoms with Crippen molar-refractivity contribution in [3.8, 4) is 0 Å². The lowest BCUT2D eigenvalue weighted by Gasteiger charge is -2.08. The first-order chi connectivity index (χ1) is 7.95. The fraction of sp³-hybridized carbons (Fsp3) is 0.364. The smallest absolute Gasteiger partial charge is 0.324 e. The van der Waals surface area contributed by atoms with Gasteiger partial charge in [0.15, 0.2) is 5.78 Å². The highest BCUT2D eigenvalue weighted by Crippen LogP contribution is 2.00. The largest absolute Gasteiger partial charge is 0.328 e. The molecule has 92 valence electrons. The minimum Gasteiger partial charge on any atom is -0.324 e. The molecule has 17 heavy (non-hydrogen) atoms. The molecule has 6 nitrogen and oxygen atoms in total. The first-order valence-corrected chi connectivity index (χ1v) is 5.22. The quantitative estimate of drug-likeness (QED) is 0.700. The summed E-state index contributed by atoms with van der Waals surface area (Å²) in [6.07, 6.45) is 4.00. The molecule has 1 aromatic rings. The first-order valence-electron chi connectivity index (χ1n) is 5.22. The van der Waals surface area contributed by atoms with E-state index in [4.69, 9.17) is 5.73 Å². The van der Waals surface area contributed by atoms with Crippen LogP contribution >= 0.6 is 0 Å². The molecular formula is C11H15N3O3. The van der Waals surface area contributed by atoms with Crippen LogP contribution in [0.4, 0.5) is 0 Å². The van der Waals surface area contributed by atoms with Crippen LogP contribution in [-0.4, -0.2) is 21.9 Å². The van der Waals surface area contributed by atoms with Crippen molar-refractivity contribution >= 4 is 11.9 Å². The number of carbonyl (C=O) groups excluding carboxylic acids is 1.